The van der Waals surface area contributed by atoms with Crippen molar-refractivity contribution >= 4 is 0 Å². The number of methoxy groups -OCH3 is 1. The molecule has 4 rings (SSSR count). The molecule has 0 saturated heterocycles. The van der Waals surface area contributed by atoms with Gasteiger partial charge in [0.1, 0.15) is 17.2 Å². The van der Waals surface area contributed by atoms with E-state index in [0.29, 0.717) is 6.61 Å². The molecule has 0 aromatic heterocycles. The maximum atomic E-state index is 9.68. The first-order valence-corrected chi connectivity index (χ1v) is 9.24. The Hall–Kier alpha value is -2.94. The third-order valence-corrected chi connectivity index (χ3v) is 5.65. The molecule has 0 aliphatic carbocycles. The number of ether oxygens (including phenoxy) is 2. The van der Waals surface area contributed by atoms with Gasteiger partial charge in [0.05, 0.1) is 13.7 Å². The van der Waals surface area contributed by atoms with E-state index in [4.69, 9.17) is 9.47 Å². The fraction of sp³-hybridized carbons (Fsp3) is 0.250. The second-order valence-corrected chi connectivity index (χ2v) is 7.19. The highest BCUT2D eigenvalue weighted by molar-refractivity contribution is 5.53. The van der Waals surface area contributed by atoms with Gasteiger partial charge in [0.2, 0.25) is 0 Å². The average molecular weight is 360 g/mol. The molecule has 1 N–H and O–H groups in total. The van der Waals surface area contributed by atoms with Crippen molar-refractivity contribution in [3.63, 3.8) is 0 Å². The van der Waals surface area contributed by atoms with Crippen LogP contribution >= 0.6 is 0 Å². The number of aromatic hydroxyl groups is 1. The summed E-state index contributed by atoms with van der Waals surface area (Å²) in [4.78, 5) is 0. The van der Waals surface area contributed by atoms with Crippen LogP contribution in [0, 0.1) is 13.8 Å². The Bertz CT molecular complexity index is 943. The Morgan fingerprint density at radius 2 is 1.56 bits per heavy atom. The number of hydrogen-bond donors (Lipinski definition) is 1. The van der Waals surface area contributed by atoms with Crippen molar-refractivity contribution < 1.29 is 14.6 Å². The summed E-state index contributed by atoms with van der Waals surface area (Å²) in [7, 11) is 1.68. The van der Waals surface area contributed by atoms with Gasteiger partial charge in [0.25, 0.3) is 0 Å². The molecule has 3 aromatic carbocycles. The van der Waals surface area contributed by atoms with E-state index in [2.05, 4.69) is 38.1 Å². The van der Waals surface area contributed by atoms with E-state index < -0.39 is 0 Å². The zero-order valence-corrected chi connectivity index (χ0v) is 15.9. The number of phenols is 1. The highest BCUT2D eigenvalue weighted by atomic mass is 16.5. The number of hydrogen-bond acceptors (Lipinski definition) is 3. The fourth-order valence-corrected chi connectivity index (χ4v) is 3.97. The van der Waals surface area contributed by atoms with Crippen molar-refractivity contribution in [2.24, 2.45) is 0 Å². The summed E-state index contributed by atoms with van der Waals surface area (Å²) in [5.41, 5.74) is 6.06. The number of phenolic OH excluding ortho intramolecular Hbond substituents is 1. The van der Waals surface area contributed by atoms with E-state index in [1.165, 1.54) is 22.3 Å². The lowest BCUT2D eigenvalue weighted by atomic mass is 9.75. The van der Waals surface area contributed by atoms with Crippen molar-refractivity contribution in [3.8, 4) is 17.2 Å². The smallest absolute Gasteiger partial charge is 0.126 e. The molecule has 1 aliphatic rings. The second kappa shape index (κ2) is 6.99. The lowest BCUT2D eigenvalue weighted by Gasteiger charge is -2.35. The SMILES string of the molecule is COc1ccc([C@@H]2c3ccc(C)c(C)c3OC[C@@H]2c2ccc(O)cc2)cc1. The maximum Gasteiger partial charge on any atom is 0.126 e. The Kier molecular flexibility index (Phi) is 4.53. The van der Waals surface area contributed by atoms with E-state index in [-0.39, 0.29) is 17.6 Å². The van der Waals surface area contributed by atoms with E-state index in [9.17, 15) is 5.11 Å². The Morgan fingerprint density at radius 1 is 0.889 bits per heavy atom. The van der Waals surface area contributed by atoms with Gasteiger partial charge in [-0.1, -0.05) is 36.4 Å². The number of benzene rings is 3. The zero-order chi connectivity index (χ0) is 19.0. The van der Waals surface area contributed by atoms with Crippen molar-refractivity contribution in [1.29, 1.82) is 0 Å². The molecule has 0 saturated carbocycles. The van der Waals surface area contributed by atoms with Crippen LogP contribution in [0.5, 0.6) is 17.2 Å². The molecular weight excluding hydrogens is 336 g/mol. The second-order valence-electron chi connectivity index (χ2n) is 7.19. The van der Waals surface area contributed by atoms with Crippen LogP contribution in [-0.2, 0) is 0 Å². The minimum absolute atomic E-state index is 0.175. The monoisotopic (exact) mass is 360 g/mol. The predicted molar refractivity (Wildman–Crippen MR) is 107 cm³/mol. The van der Waals surface area contributed by atoms with Gasteiger partial charge < -0.3 is 14.6 Å². The third kappa shape index (κ3) is 3.14. The van der Waals surface area contributed by atoms with Crippen LogP contribution in [0.15, 0.2) is 60.7 Å². The summed E-state index contributed by atoms with van der Waals surface area (Å²) in [6.07, 6.45) is 0. The highest BCUT2D eigenvalue weighted by Crippen LogP contribution is 2.47. The number of fused-ring (bicyclic) bond motifs is 1. The van der Waals surface area contributed by atoms with E-state index in [0.717, 1.165) is 17.1 Å². The normalized spacial score (nSPS) is 18.5. The van der Waals surface area contributed by atoms with Gasteiger partial charge in [-0.3, -0.25) is 0 Å². The molecule has 0 fully saturated rings. The highest BCUT2D eigenvalue weighted by Gasteiger charge is 2.34. The molecule has 0 bridgehead atoms. The number of rotatable bonds is 3. The summed E-state index contributed by atoms with van der Waals surface area (Å²) >= 11 is 0. The Labute approximate surface area is 160 Å². The summed E-state index contributed by atoms with van der Waals surface area (Å²) in [5.74, 6) is 2.50. The molecule has 0 spiro atoms. The molecule has 2 atom stereocenters. The van der Waals surface area contributed by atoms with Gasteiger partial charge in [-0.2, -0.15) is 0 Å². The van der Waals surface area contributed by atoms with Crippen LogP contribution < -0.4 is 9.47 Å². The van der Waals surface area contributed by atoms with Crippen LogP contribution in [0.3, 0.4) is 0 Å². The standard InChI is InChI=1S/C24H24O3/c1-15-4-13-21-23(18-7-11-20(26-3)12-8-18)22(14-27-24(21)16(15)2)17-5-9-19(25)10-6-17/h4-13,22-23,25H,14H2,1-3H3/t22-,23-/m1/s1. The first-order valence-electron chi connectivity index (χ1n) is 9.24. The van der Waals surface area contributed by atoms with E-state index >= 15 is 0 Å². The summed E-state index contributed by atoms with van der Waals surface area (Å²) < 4.78 is 11.6. The van der Waals surface area contributed by atoms with Crippen molar-refractivity contribution in [1.82, 2.24) is 0 Å². The predicted octanol–water partition coefficient (Wildman–Crippen LogP) is 5.33. The lowest BCUT2D eigenvalue weighted by Crippen LogP contribution is -2.26. The fourth-order valence-electron chi connectivity index (χ4n) is 3.97. The molecule has 3 nitrogen and oxygen atoms in total. The summed E-state index contributed by atoms with van der Waals surface area (Å²) in [6.45, 7) is 4.85. The summed E-state index contributed by atoms with van der Waals surface area (Å²) in [5, 5.41) is 9.68. The molecule has 0 unspecified atom stereocenters. The molecule has 27 heavy (non-hydrogen) atoms. The first-order chi connectivity index (χ1) is 13.1. The third-order valence-electron chi connectivity index (χ3n) is 5.65. The summed E-state index contributed by atoms with van der Waals surface area (Å²) in [6, 6.07) is 20.2. The van der Waals surface area contributed by atoms with Crippen LogP contribution in [0.1, 0.15) is 39.7 Å². The largest absolute Gasteiger partial charge is 0.508 e. The Morgan fingerprint density at radius 3 is 2.22 bits per heavy atom. The van der Waals surface area contributed by atoms with Gasteiger partial charge in [-0.05, 0) is 60.4 Å². The Balaban J connectivity index is 1.85. The van der Waals surface area contributed by atoms with Crippen molar-refractivity contribution in [2.75, 3.05) is 13.7 Å². The zero-order valence-electron chi connectivity index (χ0n) is 15.9. The van der Waals surface area contributed by atoms with Crippen LogP contribution in [0.25, 0.3) is 0 Å². The lowest BCUT2D eigenvalue weighted by molar-refractivity contribution is 0.247. The molecule has 138 valence electrons. The topological polar surface area (TPSA) is 38.7 Å². The van der Waals surface area contributed by atoms with Crippen molar-refractivity contribution in [2.45, 2.75) is 25.7 Å². The molecule has 1 heterocycles. The first kappa shape index (κ1) is 17.5. The molecule has 3 aromatic rings. The van der Waals surface area contributed by atoms with E-state index in [1.54, 1.807) is 19.2 Å². The van der Waals surface area contributed by atoms with Crippen LogP contribution in [-0.4, -0.2) is 18.8 Å². The van der Waals surface area contributed by atoms with E-state index in [1.807, 2.05) is 24.3 Å². The van der Waals surface area contributed by atoms with Gasteiger partial charge in [0.15, 0.2) is 0 Å². The van der Waals surface area contributed by atoms with Crippen LogP contribution in [0.2, 0.25) is 0 Å². The average Bonchev–Trinajstić information content (AvgIpc) is 2.71. The molecular formula is C24H24O3. The van der Waals surface area contributed by atoms with Gasteiger partial charge in [-0.15, -0.1) is 0 Å². The minimum atomic E-state index is 0.175. The van der Waals surface area contributed by atoms with Crippen LogP contribution in [0.4, 0.5) is 0 Å². The van der Waals surface area contributed by atoms with Gasteiger partial charge in [-0.25, -0.2) is 0 Å². The van der Waals surface area contributed by atoms with Crippen molar-refractivity contribution in [3.05, 3.63) is 88.5 Å². The number of aryl methyl sites for hydroxylation is 1. The molecule has 0 amide bonds. The molecule has 3 heteroatoms. The van der Waals surface area contributed by atoms with Gasteiger partial charge >= 0.3 is 0 Å². The maximum absolute atomic E-state index is 9.68. The molecule has 0 radical (unpaired) electrons. The molecule has 1 aliphatic heterocycles. The van der Waals surface area contributed by atoms with Gasteiger partial charge in [0, 0.05) is 17.4 Å². The minimum Gasteiger partial charge on any atom is -0.508 e. The quantitative estimate of drug-likeness (QED) is 0.686.